The van der Waals surface area contributed by atoms with Crippen molar-refractivity contribution in [3.63, 3.8) is 0 Å². The van der Waals surface area contributed by atoms with Gasteiger partial charge in [0.25, 0.3) is 5.91 Å². The second-order valence-corrected chi connectivity index (χ2v) is 8.70. The van der Waals surface area contributed by atoms with Crippen molar-refractivity contribution < 1.29 is 9.59 Å². The van der Waals surface area contributed by atoms with Gasteiger partial charge in [0.15, 0.2) is 0 Å². The van der Waals surface area contributed by atoms with Gasteiger partial charge >= 0.3 is 0 Å². The Bertz CT molecular complexity index is 1150. The Balaban J connectivity index is 1.82. The monoisotopic (exact) mass is 427 g/mol. The topological polar surface area (TPSA) is 43.9 Å². The van der Waals surface area contributed by atoms with Gasteiger partial charge in [0, 0.05) is 31.2 Å². The Morgan fingerprint density at radius 1 is 0.812 bits per heavy atom. The van der Waals surface area contributed by atoms with Crippen molar-refractivity contribution in [1.82, 2.24) is 0 Å². The number of piperazine rings is 1. The van der Waals surface area contributed by atoms with Gasteiger partial charge in [-0.3, -0.25) is 14.5 Å². The maximum Gasteiger partial charge on any atom is 0.255 e. The molecule has 0 bridgehead atoms. The molecule has 3 aromatic carbocycles. The van der Waals surface area contributed by atoms with Crippen molar-refractivity contribution in [2.24, 2.45) is 0 Å². The normalized spacial score (nSPS) is 16.5. The van der Waals surface area contributed by atoms with E-state index < -0.39 is 6.04 Å². The fourth-order valence-electron chi connectivity index (χ4n) is 4.23. The SMILES string of the molecule is Cc1ccc(N2CC(=O)N(c3ccc(C)cc3C)C(c3ccc(N(C)C)cc3)C2=O)cc1. The molecule has 1 aliphatic heterocycles. The molecule has 164 valence electrons. The molecule has 32 heavy (non-hydrogen) atoms. The quantitative estimate of drug-likeness (QED) is 0.601. The van der Waals surface area contributed by atoms with Gasteiger partial charge in [0.05, 0.1) is 0 Å². The lowest BCUT2D eigenvalue weighted by molar-refractivity contribution is -0.128. The van der Waals surface area contributed by atoms with E-state index in [2.05, 4.69) is 0 Å². The van der Waals surface area contributed by atoms with Crippen LogP contribution in [-0.4, -0.2) is 32.5 Å². The number of anilines is 3. The second kappa shape index (κ2) is 8.50. The van der Waals surface area contributed by atoms with Gasteiger partial charge in [-0.25, -0.2) is 0 Å². The third kappa shape index (κ3) is 3.98. The van der Waals surface area contributed by atoms with Crippen molar-refractivity contribution >= 4 is 28.9 Å². The maximum atomic E-state index is 13.9. The Labute approximate surface area is 189 Å². The molecule has 0 aliphatic carbocycles. The Kier molecular flexibility index (Phi) is 5.74. The predicted molar refractivity (Wildman–Crippen MR) is 130 cm³/mol. The first kappa shape index (κ1) is 21.6. The molecule has 1 saturated heterocycles. The van der Waals surface area contributed by atoms with Gasteiger partial charge in [0.1, 0.15) is 12.6 Å². The number of hydrogen-bond donors (Lipinski definition) is 0. The number of carbonyl (C=O) groups excluding carboxylic acids is 2. The van der Waals surface area contributed by atoms with Crippen molar-refractivity contribution in [2.45, 2.75) is 26.8 Å². The number of rotatable bonds is 4. The van der Waals surface area contributed by atoms with E-state index >= 15 is 0 Å². The smallest absolute Gasteiger partial charge is 0.255 e. The van der Waals surface area contributed by atoms with Crippen LogP contribution >= 0.6 is 0 Å². The lowest BCUT2D eigenvalue weighted by atomic mass is 9.97. The summed E-state index contributed by atoms with van der Waals surface area (Å²) < 4.78 is 0. The van der Waals surface area contributed by atoms with Crippen LogP contribution in [0.3, 0.4) is 0 Å². The zero-order chi connectivity index (χ0) is 23.0. The molecule has 1 unspecified atom stereocenters. The molecule has 5 nitrogen and oxygen atoms in total. The maximum absolute atomic E-state index is 13.9. The lowest BCUT2D eigenvalue weighted by Gasteiger charge is -2.41. The lowest BCUT2D eigenvalue weighted by Crippen LogP contribution is -2.56. The van der Waals surface area contributed by atoms with E-state index in [1.807, 2.05) is 106 Å². The number of carbonyl (C=O) groups is 2. The van der Waals surface area contributed by atoms with Crippen LogP contribution in [0.1, 0.15) is 28.3 Å². The van der Waals surface area contributed by atoms with Gasteiger partial charge in [-0.15, -0.1) is 0 Å². The Morgan fingerprint density at radius 2 is 1.44 bits per heavy atom. The van der Waals surface area contributed by atoms with E-state index in [0.29, 0.717) is 0 Å². The number of hydrogen-bond acceptors (Lipinski definition) is 3. The summed E-state index contributed by atoms with van der Waals surface area (Å²) in [5.41, 5.74) is 6.56. The van der Waals surface area contributed by atoms with Gasteiger partial charge in [0.2, 0.25) is 5.91 Å². The zero-order valence-corrected chi connectivity index (χ0v) is 19.3. The number of nitrogens with zero attached hydrogens (tertiary/aromatic N) is 3. The highest BCUT2D eigenvalue weighted by Crippen LogP contribution is 2.36. The van der Waals surface area contributed by atoms with Crippen LogP contribution in [0.25, 0.3) is 0 Å². The highest BCUT2D eigenvalue weighted by atomic mass is 16.2. The van der Waals surface area contributed by atoms with Crippen LogP contribution in [0, 0.1) is 20.8 Å². The number of amides is 2. The van der Waals surface area contributed by atoms with Crippen LogP contribution < -0.4 is 14.7 Å². The molecular formula is C27H29N3O2. The fraction of sp³-hybridized carbons (Fsp3) is 0.259. The summed E-state index contributed by atoms with van der Waals surface area (Å²) in [6.45, 7) is 6.03. The molecule has 0 radical (unpaired) electrons. The standard InChI is InChI=1S/C27H29N3O2/c1-18-6-11-23(12-7-18)29-17-25(31)30(24-15-8-19(2)16-20(24)3)26(27(29)32)21-9-13-22(14-10-21)28(4)5/h6-16,26H,17H2,1-5H3. The minimum Gasteiger partial charge on any atom is -0.378 e. The summed E-state index contributed by atoms with van der Waals surface area (Å²) in [6, 6.07) is 20.8. The van der Waals surface area contributed by atoms with E-state index in [9.17, 15) is 9.59 Å². The van der Waals surface area contributed by atoms with Crippen LogP contribution in [0.5, 0.6) is 0 Å². The Morgan fingerprint density at radius 3 is 2.03 bits per heavy atom. The van der Waals surface area contributed by atoms with Crippen LogP contribution in [0.2, 0.25) is 0 Å². The molecule has 0 aromatic heterocycles. The van der Waals surface area contributed by atoms with E-state index in [1.54, 1.807) is 9.80 Å². The van der Waals surface area contributed by atoms with E-state index in [4.69, 9.17) is 0 Å². The summed E-state index contributed by atoms with van der Waals surface area (Å²) in [5.74, 6) is -0.204. The van der Waals surface area contributed by atoms with Crippen molar-refractivity contribution in [1.29, 1.82) is 0 Å². The largest absolute Gasteiger partial charge is 0.378 e. The van der Waals surface area contributed by atoms with Crippen molar-refractivity contribution in [2.75, 3.05) is 35.3 Å². The molecule has 1 aliphatic rings. The van der Waals surface area contributed by atoms with Gasteiger partial charge in [-0.05, 0) is 62.2 Å². The van der Waals surface area contributed by atoms with Crippen molar-refractivity contribution in [3.05, 3.63) is 89.0 Å². The average Bonchev–Trinajstić information content (AvgIpc) is 2.76. The summed E-state index contributed by atoms with van der Waals surface area (Å²) in [7, 11) is 3.96. The molecule has 1 atom stereocenters. The van der Waals surface area contributed by atoms with E-state index in [-0.39, 0.29) is 18.4 Å². The van der Waals surface area contributed by atoms with E-state index in [0.717, 1.165) is 39.3 Å². The number of benzene rings is 3. The van der Waals surface area contributed by atoms with Crippen molar-refractivity contribution in [3.8, 4) is 0 Å². The molecule has 1 heterocycles. The summed E-state index contributed by atoms with van der Waals surface area (Å²) in [5, 5.41) is 0. The van der Waals surface area contributed by atoms with Crippen LogP contribution in [-0.2, 0) is 9.59 Å². The highest BCUT2D eigenvalue weighted by molar-refractivity contribution is 6.14. The summed E-state index contributed by atoms with van der Waals surface area (Å²) >= 11 is 0. The first-order chi connectivity index (χ1) is 15.3. The molecule has 0 saturated carbocycles. The second-order valence-electron chi connectivity index (χ2n) is 8.70. The third-order valence-corrected chi connectivity index (χ3v) is 6.00. The van der Waals surface area contributed by atoms with Gasteiger partial charge in [-0.1, -0.05) is 47.5 Å². The molecular weight excluding hydrogens is 398 g/mol. The minimum absolute atomic E-state index is 0.0154. The molecule has 1 fully saturated rings. The highest BCUT2D eigenvalue weighted by Gasteiger charge is 2.42. The van der Waals surface area contributed by atoms with E-state index in [1.165, 1.54) is 0 Å². The molecule has 3 aromatic rings. The summed E-state index contributed by atoms with van der Waals surface area (Å²) in [4.78, 5) is 32.7. The third-order valence-electron chi connectivity index (χ3n) is 6.00. The van der Waals surface area contributed by atoms with Crippen LogP contribution in [0.4, 0.5) is 17.1 Å². The minimum atomic E-state index is -0.727. The number of aryl methyl sites for hydroxylation is 3. The molecule has 0 spiro atoms. The predicted octanol–water partition coefficient (Wildman–Crippen LogP) is 4.80. The first-order valence-electron chi connectivity index (χ1n) is 10.8. The molecule has 0 N–H and O–H groups in total. The molecule has 2 amide bonds. The summed E-state index contributed by atoms with van der Waals surface area (Å²) in [6.07, 6.45) is 0. The van der Waals surface area contributed by atoms with Gasteiger partial charge < -0.3 is 9.80 Å². The van der Waals surface area contributed by atoms with Crippen LogP contribution in [0.15, 0.2) is 66.7 Å². The zero-order valence-electron chi connectivity index (χ0n) is 19.3. The fourth-order valence-corrected chi connectivity index (χ4v) is 4.23. The Hall–Kier alpha value is -3.60. The molecule has 4 rings (SSSR count). The van der Waals surface area contributed by atoms with Gasteiger partial charge in [-0.2, -0.15) is 0 Å². The molecule has 5 heteroatoms. The average molecular weight is 428 g/mol. The first-order valence-corrected chi connectivity index (χ1v) is 10.8.